The van der Waals surface area contributed by atoms with Crippen LogP contribution in [0.5, 0.6) is 5.88 Å². The minimum Gasteiger partial charge on any atom is -0.481 e. The molecule has 1 atom stereocenters. The molecule has 0 aliphatic carbocycles. The maximum atomic E-state index is 13.5. The molecule has 2 aliphatic rings. The Morgan fingerprint density at radius 1 is 1.17 bits per heavy atom. The number of alkyl halides is 3. The summed E-state index contributed by atoms with van der Waals surface area (Å²) in [5.74, 6) is 0.161. The highest BCUT2D eigenvalue weighted by molar-refractivity contribution is 5.85. The van der Waals surface area contributed by atoms with Crippen LogP contribution in [0.15, 0.2) is 18.6 Å². The molecule has 198 valence electrons. The van der Waals surface area contributed by atoms with E-state index in [0.29, 0.717) is 44.1 Å². The zero-order chi connectivity index (χ0) is 25.4. The molecule has 36 heavy (non-hydrogen) atoms. The average Bonchev–Trinajstić information content (AvgIpc) is 3.26. The number of methoxy groups -OCH3 is 1. The number of nitrogens with one attached hydrogen (secondary N) is 1. The van der Waals surface area contributed by atoms with Crippen LogP contribution in [0.4, 0.5) is 29.5 Å². The molecular weight excluding hydrogens is 501 g/mol. The number of nitrogens with zero attached hydrogens (tertiary/aromatic N) is 5. The van der Waals surface area contributed by atoms with Gasteiger partial charge in [-0.1, -0.05) is 0 Å². The van der Waals surface area contributed by atoms with Gasteiger partial charge in [-0.25, -0.2) is 19.7 Å². The number of amides is 1. The predicted octanol–water partition coefficient (Wildman–Crippen LogP) is 4.30. The Morgan fingerprint density at radius 2 is 1.92 bits per heavy atom. The predicted molar refractivity (Wildman–Crippen MR) is 130 cm³/mol. The molecule has 0 unspecified atom stereocenters. The second kappa shape index (κ2) is 10.5. The van der Waals surface area contributed by atoms with Crippen molar-refractivity contribution < 1.29 is 27.4 Å². The summed E-state index contributed by atoms with van der Waals surface area (Å²) in [5.41, 5.74) is 0.520. The number of anilines is 2. The van der Waals surface area contributed by atoms with Crippen LogP contribution >= 0.6 is 12.4 Å². The molecule has 0 spiro atoms. The molecular formula is C23H30ClF3N6O3. The van der Waals surface area contributed by atoms with Gasteiger partial charge in [0.25, 0.3) is 0 Å². The van der Waals surface area contributed by atoms with E-state index in [1.54, 1.807) is 4.90 Å². The standard InChI is InChI=1S/C23H29F3N6O3.ClH/c1-22(2,3)35-21(33)32-7-5-14(11-32)30-19-16-12-31(8-6-18(16)28-13-29-19)15-9-17(23(24,25)26)20(34-4)27-10-15;/h9-10,13-14H,5-8,11-12H2,1-4H3,(H,28,29,30);1H/t14-;/m0./s1. The summed E-state index contributed by atoms with van der Waals surface area (Å²) in [4.78, 5) is 28.5. The van der Waals surface area contributed by atoms with Gasteiger partial charge in [0, 0.05) is 44.2 Å². The quantitative estimate of drug-likeness (QED) is 0.625. The number of likely N-dealkylation sites (tertiary alicyclic amines) is 1. The smallest absolute Gasteiger partial charge is 0.421 e. The maximum Gasteiger partial charge on any atom is 0.421 e. The van der Waals surface area contributed by atoms with Gasteiger partial charge in [-0.15, -0.1) is 12.4 Å². The van der Waals surface area contributed by atoms with Crippen LogP contribution in [-0.4, -0.2) is 64.3 Å². The number of hydrogen-bond donors (Lipinski definition) is 1. The van der Waals surface area contributed by atoms with Gasteiger partial charge in [-0.3, -0.25) is 0 Å². The second-order valence-corrected chi connectivity index (χ2v) is 9.62. The Hall–Kier alpha value is -3.02. The van der Waals surface area contributed by atoms with E-state index in [9.17, 15) is 18.0 Å². The van der Waals surface area contributed by atoms with Gasteiger partial charge in [0.2, 0.25) is 5.88 Å². The van der Waals surface area contributed by atoms with E-state index in [-0.39, 0.29) is 24.5 Å². The molecule has 0 radical (unpaired) electrons. The Bertz CT molecular complexity index is 1100. The average molecular weight is 531 g/mol. The van der Waals surface area contributed by atoms with Crippen molar-refractivity contribution in [3.63, 3.8) is 0 Å². The van der Waals surface area contributed by atoms with Gasteiger partial charge in [0.05, 0.1) is 24.7 Å². The molecule has 1 amide bonds. The molecule has 2 aromatic heterocycles. The molecule has 9 nitrogen and oxygen atoms in total. The first kappa shape index (κ1) is 27.6. The molecule has 0 saturated carbocycles. The van der Waals surface area contributed by atoms with Crippen LogP contribution in [0.1, 0.15) is 44.0 Å². The molecule has 4 heterocycles. The van der Waals surface area contributed by atoms with Crippen LogP contribution in [0.3, 0.4) is 0 Å². The third-order valence-electron chi connectivity index (χ3n) is 5.88. The first-order valence-corrected chi connectivity index (χ1v) is 11.4. The van der Waals surface area contributed by atoms with Crippen molar-refractivity contribution in [2.75, 3.05) is 37.0 Å². The van der Waals surface area contributed by atoms with Gasteiger partial charge in [0.15, 0.2) is 0 Å². The Kier molecular flexibility index (Phi) is 8.07. The third kappa shape index (κ3) is 6.21. The van der Waals surface area contributed by atoms with Crippen molar-refractivity contribution in [2.24, 2.45) is 0 Å². The van der Waals surface area contributed by atoms with Gasteiger partial charge in [0.1, 0.15) is 23.3 Å². The summed E-state index contributed by atoms with van der Waals surface area (Å²) < 4.78 is 50.7. The number of fused-ring (bicyclic) bond motifs is 1. The maximum absolute atomic E-state index is 13.5. The lowest BCUT2D eigenvalue weighted by molar-refractivity contribution is -0.139. The minimum absolute atomic E-state index is 0. The summed E-state index contributed by atoms with van der Waals surface area (Å²) in [5, 5.41) is 3.40. The number of hydrogen-bond acceptors (Lipinski definition) is 8. The SMILES string of the molecule is COc1ncc(N2CCc3ncnc(N[C@H]4CCN(C(=O)OC(C)(C)C)C4)c3C2)cc1C(F)(F)F.Cl. The number of halogens is 4. The fourth-order valence-electron chi connectivity index (χ4n) is 4.23. The van der Waals surface area contributed by atoms with Gasteiger partial charge in [-0.05, 0) is 33.3 Å². The van der Waals surface area contributed by atoms with Crippen LogP contribution < -0.4 is 15.0 Å². The second-order valence-electron chi connectivity index (χ2n) is 9.62. The van der Waals surface area contributed by atoms with Gasteiger partial charge in [-0.2, -0.15) is 13.2 Å². The first-order valence-electron chi connectivity index (χ1n) is 11.4. The van der Waals surface area contributed by atoms with Crippen molar-refractivity contribution >= 4 is 30.0 Å². The van der Waals surface area contributed by atoms with E-state index in [2.05, 4.69) is 20.3 Å². The summed E-state index contributed by atoms with van der Waals surface area (Å²) in [6.45, 7) is 7.32. The molecule has 0 aromatic carbocycles. The molecule has 2 aliphatic heterocycles. The monoisotopic (exact) mass is 530 g/mol. The highest BCUT2D eigenvalue weighted by Crippen LogP contribution is 2.38. The van der Waals surface area contributed by atoms with Crippen LogP contribution in [-0.2, 0) is 23.9 Å². The number of ether oxygens (including phenoxy) is 2. The van der Waals surface area contributed by atoms with E-state index >= 15 is 0 Å². The number of rotatable bonds is 4. The van der Waals surface area contributed by atoms with Gasteiger partial charge < -0.3 is 24.6 Å². The van der Waals surface area contributed by atoms with E-state index in [4.69, 9.17) is 9.47 Å². The Labute approximate surface area is 213 Å². The van der Waals surface area contributed by atoms with Crippen LogP contribution in [0, 0.1) is 0 Å². The summed E-state index contributed by atoms with van der Waals surface area (Å²) in [7, 11) is 1.16. The summed E-state index contributed by atoms with van der Waals surface area (Å²) in [6.07, 6.45) is -0.807. The largest absolute Gasteiger partial charge is 0.481 e. The van der Waals surface area contributed by atoms with Crippen molar-refractivity contribution in [3.8, 4) is 5.88 Å². The van der Waals surface area contributed by atoms with Crippen molar-refractivity contribution in [2.45, 2.75) is 58.0 Å². The summed E-state index contributed by atoms with van der Waals surface area (Å²) >= 11 is 0. The first-order chi connectivity index (χ1) is 16.4. The summed E-state index contributed by atoms with van der Waals surface area (Å²) in [6, 6.07) is 1.03. The lowest BCUT2D eigenvalue weighted by Gasteiger charge is -2.31. The van der Waals surface area contributed by atoms with Crippen LogP contribution in [0.2, 0.25) is 0 Å². The third-order valence-corrected chi connectivity index (χ3v) is 5.88. The van der Waals surface area contributed by atoms with E-state index in [1.165, 1.54) is 12.5 Å². The fraction of sp³-hybridized carbons (Fsp3) is 0.565. The molecule has 1 saturated heterocycles. The topological polar surface area (TPSA) is 92.7 Å². The molecule has 13 heteroatoms. The zero-order valence-corrected chi connectivity index (χ0v) is 21.4. The highest BCUT2D eigenvalue weighted by Gasteiger charge is 2.36. The molecule has 1 N–H and O–H groups in total. The van der Waals surface area contributed by atoms with E-state index < -0.39 is 23.2 Å². The minimum atomic E-state index is -4.58. The number of carbonyl (C=O) groups excluding carboxylic acids is 1. The molecule has 0 bridgehead atoms. The lowest BCUT2D eigenvalue weighted by atomic mass is 10.0. The Balaban J connectivity index is 0.00000361. The van der Waals surface area contributed by atoms with E-state index in [0.717, 1.165) is 30.9 Å². The fourth-order valence-corrected chi connectivity index (χ4v) is 4.23. The van der Waals surface area contributed by atoms with Crippen molar-refractivity contribution in [3.05, 3.63) is 35.4 Å². The van der Waals surface area contributed by atoms with Crippen molar-refractivity contribution in [1.29, 1.82) is 0 Å². The lowest BCUT2D eigenvalue weighted by Crippen LogP contribution is -2.37. The van der Waals surface area contributed by atoms with Crippen LogP contribution in [0.25, 0.3) is 0 Å². The number of pyridine rings is 1. The van der Waals surface area contributed by atoms with E-state index in [1.807, 2.05) is 25.7 Å². The van der Waals surface area contributed by atoms with Crippen molar-refractivity contribution in [1.82, 2.24) is 19.9 Å². The molecule has 2 aromatic rings. The highest BCUT2D eigenvalue weighted by atomic mass is 35.5. The number of carbonyl (C=O) groups is 1. The number of aromatic nitrogens is 3. The molecule has 1 fully saturated rings. The zero-order valence-electron chi connectivity index (χ0n) is 20.6. The van der Waals surface area contributed by atoms with Gasteiger partial charge >= 0.3 is 12.3 Å². The Morgan fingerprint density at radius 3 is 2.58 bits per heavy atom. The molecule has 4 rings (SSSR count). The normalized spacial score (nSPS) is 17.8.